The molecule has 0 amide bonds. The van der Waals surface area contributed by atoms with Gasteiger partial charge in [-0.25, -0.2) is 8.42 Å². The molecule has 0 fully saturated rings. The van der Waals surface area contributed by atoms with E-state index in [0.717, 1.165) is 10.5 Å². The highest BCUT2D eigenvalue weighted by atomic mass is 32.2. The predicted octanol–water partition coefficient (Wildman–Crippen LogP) is 4.72. The summed E-state index contributed by atoms with van der Waals surface area (Å²) < 4.78 is 32.5. The van der Waals surface area contributed by atoms with Crippen molar-refractivity contribution in [1.29, 1.82) is 0 Å². The number of benzene rings is 3. The van der Waals surface area contributed by atoms with Gasteiger partial charge in [-0.1, -0.05) is 35.9 Å². The Morgan fingerprint density at radius 1 is 0.815 bits per heavy atom. The highest BCUT2D eigenvalue weighted by Crippen LogP contribution is 2.20. The van der Waals surface area contributed by atoms with Crippen molar-refractivity contribution in [1.82, 2.24) is 0 Å². The van der Waals surface area contributed by atoms with Gasteiger partial charge < -0.3 is 4.55 Å². The maximum absolute atomic E-state index is 10.8. The van der Waals surface area contributed by atoms with Crippen LogP contribution in [0.2, 0.25) is 0 Å². The summed E-state index contributed by atoms with van der Waals surface area (Å²) in [5.41, 5.74) is 2.00. The molecule has 0 heterocycles. The Bertz CT molecular complexity index is 974. The Labute approximate surface area is 171 Å². The van der Waals surface area contributed by atoms with E-state index < -0.39 is 10.1 Å². The quantitative estimate of drug-likeness (QED) is 0.380. The zero-order chi connectivity index (χ0) is 20.0. The molecule has 142 valence electrons. The number of hydrogen-bond donors (Lipinski definition) is 1. The van der Waals surface area contributed by atoms with Crippen LogP contribution in [0.4, 0.5) is 0 Å². The lowest BCUT2D eigenvalue weighted by atomic mass is 10.1. The molecule has 0 aliphatic carbocycles. The second-order valence-electron chi connectivity index (χ2n) is 6.15. The van der Waals surface area contributed by atoms with Gasteiger partial charge in [0.15, 0.2) is 9.79 Å². The summed E-state index contributed by atoms with van der Waals surface area (Å²) in [4.78, 5) is 3.54. The average molecular weight is 419 g/mol. The SMILES string of the molecule is Cc1cc(C)c(S(=O)(=O)[O-])c(C)c1.Sc1ccc([SH+]c2ccccc2)cc1. The van der Waals surface area contributed by atoms with Gasteiger partial charge >= 0.3 is 0 Å². The molecular formula is C21H22O3S3. The Morgan fingerprint density at radius 3 is 1.78 bits per heavy atom. The summed E-state index contributed by atoms with van der Waals surface area (Å²) in [6, 6.07) is 22.1. The van der Waals surface area contributed by atoms with Gasteiger partial charge in [0, 0.05) is 16.7 Å². The van der Waals surface area contributed by atoms with E-state index >= 15 is 0 Å². The summed E-state index contributed by atoms with van der Waals surface area (Å²) >= 11 is 5.51. The average Bonchev–Trinajstić information content (AvgIpc) is 2.56. The van der Waals surface area contributed by atoms with E-state index in [1.54, 1.807) is 26.0 Å². The first-order chi connectivity index (χ1) is 12.7. The third-order valence-electron chi connectivity index (χ3n) is 3.72. The van der Waals surface area contributed by atoms with Crippen molar-refractivity contribution in [3.8, 4) is 0 Å². The molecule has 3 aromatic rings. The minimum atomic E-state index is -4.33. The Hall–Kier alpha value is -1.73. The maximum Gasteiger partial charge on any atom is 0.158 e. The van der Waals surface area contributed by atoms with E-state index in [2.05, 4.69) is 49.0 Å². The van der Waals surface area contributed by atoms with Crippen molar-refractivity contribution in [3.63, 3.8) is 0 Å². The molecule has 0 saturated heterocycles. The van der Waals surface area contributed by atoms with Gasteiger partial charge in [0.25, 0.3) is 0 Å². The van der Waals surface area contributed by atoms with Crippen LogP contribution >= 0.6 is 12.6 Å². The molecule has 0 aliphatic rings. The van der Waals surface area contributed by atoms with E-state index in [0.29, 0.717) is 11.1 Å². The first-order valence-electron chi connectivity index (χ1n) is 8.26. The standard InChI is InChI=1S/C12H10S2.C9H12O3S/c13-10-6-8-12(9-7-10)14-11-4-2-1-3-5-11;1-6-4-7(2)9(8(3)5-6)13(10,11)12/h1-9,13H;4-5H,1-3H3,(H,10,11,12). The van der Waals surface area contributed by atoms with Crippen molar-refractivity contribution in [3.05, 3.63) is 83.4 Å². The molecule has 0 saturated carbocycles. The molecule has 0 atom stereocenters. The lowest BCUT2D eigenvalue weighted by Gasteiger charge is -2.14. The van der Waals surface area contributed by atoms with E-state index in [-0.39, 0.29) is 4.90 Å². The van der Waals surface area contributed by atoms with Crippen molar-refractivity contribution in [2.75, 3.05) is 0 Å². The van der Waals surface area contributed by atoms with Crippen molar-refractivity contribution < 1.29 is 13.0 Å². The van der Waals surface area contributed by atoms with Gasteiger partial charge in [-0.15, -0.1) is 12.6 Å². The molecule has 27 heavy (non-hydrogen) atoms. The van der Waals surface area contributed by atoms with Crippen LogP contribution in [-0.4, -0.2) is 13.0 Å². The largest absolute Gasteiger partial charge is 0.744 e. The molecule has 0 N–H and O–H groups in total. The maximum atomic E-state index is 10.8. The topological polar surface area (TPSA) is 57.2 Å². The Morgan fingerprint density at radius 2 is 1.30 bits per heavy atom. The minimum Gasteiger partial charge on any atom is -0.744 e. The highest BCUT2D eigenvalue weighted by Gasteiger charge is 2.09. The summed E-state index contributed by atoms with van der Waals surface area (Å²) in [5.74, 6) is 0. The van der Waals surface area contributed by atoms with E-state index in [4.69, 9.17) is 0 Å². The van der Waals surface area contributed by atoms with Gasteiger partial charge in [0.05, 0.1) is 4.90 Å². The van der Waals surface area contributed by atoms with Crippen molar-refractivity contribution in [2.45, 2.75) is 40.4 Å². The van der Waals surface area contributed by atoms with Crippen LogP contribution in [0.5, 0.6) is 0 Å². The van der Waals surface area contributed by atoms with Crippen LogP contribution in [0, 0.1) is 20.8 Å². The molecule has 3 nitrogen and oxygen atoms in total. The van der Waals surface area contributed by atoms with Crippen LogP contribution in [0.15, 0.2) is 86.3 Å². The lowest BCUT2D eigenvalue weighted by Crippen LogP contribution is -2.04. The Balaban J connectivity index is 0.000000194. The van der Waals surface area contributed by atoms with Crippen LogP contribution in [-0.2, 0) is 21.9 Å². The van der Waals surface area contributed by atoms with Crippen LogP contribution in [0.25, 0.3) is 0 Å². The molecule has 0 aliphatic heterocycles. The number of hydrogen-bond acceptors (Lipinski definition) is 4. The third-order valence-corrected chi connectivity index (χ3v) is 6.27. The van der Waals surface area contributed by atoms with Crippen LogP contribution in [0.3, 0.4) is 0 Å². The molecule has 6 heteroatoms. The fraction of sp³-hybridized carbons (Fsp3) is 0.143. The van der Waals surface area contributed by atoms with Gasteiger partial charge in [0.2, 0.25) is 0 Å². The van der Waals surface area contributed by atoms with Gasteiger partial charge in [-0.2, -0.15) is 0 Å². The van der Waals surface area contributed by atoms with Gasteiger partial charge in [0.1, 0.15) is 10.1 Å². The molecular weight excluding hydrogens is 396 g/mol. The third kappa shape index (κ3) is 6.74. The molecule has 3 aromatic carbocycles. The molecule has 0 aromatic heterocycles. The smallest absolute Gasteiger partial charge is 0.158 e. The normalized spacial score (nSPS) is 10.9. The van der Waals surface area contributed by atoms with Crippen LogP contribution < -0.4 is 0 Å². The van der Waals surface area contributed by atoms with Crippen molar-refractivity contribution >= 4 is 34.5 Å². The van der Waals surface area contributed by atoms with E-state index in [9.17, 15) is 13.0 Å². The fourth-order valence-corrected chi connectivity index (χ4v) is 4.71. The monoisotopic (exact) mass is 418 g/mol. The molecule has 0 radical (unpaired) electrons. The van der Waals surface area contributed by atoms with Crippen LogP contribution in [0.1, 0.15) is 16.7 Å². The van der Waals surface area contributed by atoms with E-state index in [1.165, 1.54) is 21.6 Å². The zero-order valence-corrected chi connectivity index (χ0v) is 18.0. The second kappa shape index (κ2) is 9.46. The number of thiol groups is 2. The van der Waals surface area contributed by atoms with E-state index in [1.807, 2.05) is 25.1 Å². The second-order valence-corrected chi connectivity index (χ2v) is 9.24. The fourth-order valence-electron chi connectivity index (χ4n) is 2.74. The van der Waals surface area contributed by atoms with Gasteiger partial charge in [-0.05, 0) is 68.3 Å². The highest BCUT2D eigenvalue weighted by molar-refractivity contribution is 7.85. The molecule has 0 bridgehead atoms. The van der Waals surface area contributed by atoms with Crippen molar-refractivity contribution in [2.24, 2.45) is 0 Å². The first-order valence-corrected chi connectivity index (χ1v) is 11.0. The predicted molar refractivity (Wildman–Crippen MR) is 114 cm³/mol. The lowest BCUT2D eigenvalue weighted by molar-refractivity contribution is 0.462. The first kappa shape index (κ1) is 21.6. The Kier molecular flexibility index (Phi) is 7.56. The summed E-state index contributed by atoms with van der Waals surface area (Å²) in [6.07, 6.45) is 0. The summed E-state index contributed by atoms with van der Waals surface area (Å²) in [7, 11) is -4.33. The summed E-state index contributed by atoms with van der Waals surface area (Å²) in [5, 5.41) is 0. The molecule has 3 rings (SSSR count). The molecule has 0 spiro atoms. The van der Waals surface area contributed by atoms with Gasteiger partial charge in [-0.3, -0.25) is 0 Å². The minimum absolute atomic E-state index is 0.0851. The molecule has 0 unspecified atom stereocenters. The number of rotatable bonds is 3. The summed E-state index contributed by atoms with van der Waals surface area (Å²) in [6.45, 7) is 5.12. The number of aryl methyl sites for hydroxylation is 3. The zero-order valence-electron chi connectivity index (χ0n) is 15.4.